The average Bonchev–Trinajstić information content (AvgIpc) is 2.97. The summed E-state index contributed by atoms with van der Waals surface area (Å²) in [7, 11) is 3.78. The Labute approximate surface area is 130 Å². The maximum absolute atomic E-state index is 12.4. The molecule has 0 spiro atoms. The monoisotopic (exact) mass is 328 g/mol. The van der Waals surface area contributed by atoms with Gasteiger partial charge < -0.3 is 14.7 Å². The Bertz CT molecular complexity index is 665. The summed E-state index contributed by atoms with van der Waals surface area (Å²) in [4.78, 5) is 17.1. The molecular formula is C14H15F3N4O2. The third kappa shape index (κ3) is 4.52. The second-order valence-corrected chi connectivity index (χ2v) is 5.06. The topological polar surface area (TPSA) is 71.3 Å². The fourth-order valence-electron chi connectivity index (χ4n) is 1.72. The van der Waals surface area contributed by atoms with Gasteiger partial charge in [0.2, 0.25) is 5.82 Å². The summed E-state index contributed by atoms with van der Waals surface area (Å²) < 4.78 is 41.4. The van der Waals surface area contributed by atoms with E-state index >= 15 is 0 Å². The summed E-state index contributed by atoms with van der Waals surface area (Å²) in [5, 5.41) is 6.02. The van der Waals surface area contributed by atoms with Gasteiger partial charge in [-0.15, -0.1) is 0 Å². The molecule has 0 saturated heterocycles. The number of benzene rings is 1. The molecule has 0 atom stereocenters. The van der Waals surface area contributed by atoms with Crippen LogP contribution in [0.1, 0.15) is 16.2 Å². The van der Waals surface area contributed by atoms with Crippen molar-refractivity contribution in [3.8, 4) is 11.4 Å². The standard InChI is InChI=1S/C14H15F3N4O2/c1-21(2)8-7-18-12(22)10-5-3-9(4-6-10)11-19-13(23-20-11)14(15,16)17/h3-6H,7-8H2,1-2H3,(H,18,22). The number of nitrogens with zero attached hydrogens (tertiary/aromatic N) is 3. The molecule has 0 fully saturated rings. The van der Waals surface area contributed by atoms with Crippen LogP contribution in [-0.2, 0) is 6.18 Å². The van der Waals surface area contributed by atoms with Gasteiger partial charge >= 0.3 is 12.1 Å². The predicted molar refractivity (Wildman–Crippen MR) is 75.6 cm³/mol. The number of nitrogens with one attached hydrogen (secondary N) is 1. The zero-order valence-corrected chi connectivity index (χ0v) is 12.5. The molecule has 23 heavy (non-hydrogen) atoms. The Morgan fingerprint density at radius 1 is 1.26 bits per heavy atom. The molecule has 1 amide bonds. The zero-order valence-electron chi connectivity index (χ0n) is 12.5. The van der Waals surface area contributed by atoms with Crippen LogP contribution < -0.4 is 5.32 Å². The molecule has 124 valence electrons. The molecule has 6 nitrogen and oxygen atoms in total. The lowest BCUT2D eigenvalue weighted by molar-refractivity contribution is -0.159. The zero-order chi connectivity index (χ0) is 17.0. The Hall–Kier alpha value is -2.42. The Kier molecular flexibility index (Phi) is 4.99. The molecule has 1 aromatic heterocycles. The minimum Gasteiger partial charge on any atom is -0.351 e. The summed E-state index contributed by atoms with van der Waals surface area (Å²) in [6, 6.07) is 5.91. The molecule has 2 rings (SSSR count). The van der Waals surface area contributed by atoms with Crippen molar-refractivity contribution in [3.63, 3.8) is 0 Å². The molecule has 0 aliphatic heterocycles. The lowest BCUT2D eigenvalue weighted by Crippen LogP contribution is -2.31. The largest absolute Gasteiger partial charge is 0.471 e. The molecule has 2 aromatic rings. The van der Waals surface area contributed by atoms with Crippen LogP contribution in [0.2, 0.25) is 0 Å². The molecule has 0 bridgehead atoms. The molecule has 9 heteroatoms. The molecule has 0 saturated carbocycles. The number of hydrogen-bond donors (Lipinski definition) is 1. The normalized spacial score (nSPS) is 11.7. The SMILES string of the molecule is CN(C)CCNC(=O)c1ccc(-c2noc(C(F)(F)F)n2)cc1. The van der Waals surface area contributed by atoms with Crippen LogP contribution in [0.15, 0.2) is 28.8 Å². The highest BCUT2D eigenvalue weighted by Crippen LogP contribution is 2.29. The number of alkyl halides is 3. The van der Waals surface area contributed by atoms with E-state index in [2.05, 4.69) is 20.0 Å². The van der Waals surface area contributed by atoms with Crippen LogP contribution in [0.5, 0.6) is 0 Å². The van der Waals surface area contributed by atoms with Crippen LogP contribution in [-0.4, -0.2) is 48.1 Å². The smallest absolute Gasteiger partial charge is 0.351 e. The molecule has 0 aliphatic rings. The van der Waals surface area contributed by atoms with E-state index in [9.17, 15) is 18.0 Å². The molecule has 1 N–H and O–H groups in total. The lowest BCUT2D eigenvalue weighted by atomic mass is 10.1. The summed E-state index contributed by atoms with van der Waals surface area (Å²) in [5.41, 5.74) is 0.723. The van der Waals surface area contributed by atoms with E-state index in [1.807, 2.05) is 19.0 Å². The van der Waals surface area contributed by atoms with Gasteiger partial charge in [-0.2, -0.15) is 18.2 Å². The number of aromatic nitrogens is 2. The van der Waals surface area contributed by atoms with Crippen molar-refractivity contribution in [2.45, 2.75) is 6.18 Å². The van der Waals surface area contributed by atoms with Crippen molar-refractivity contribution < 1.29 is 22.5 Å². The van der Waals surface area contributed by atoms with E-state index in [-0.39, 0.29) is 11.7 Å². The highest BCUT2D eigenvalue weighted by molar-refractivity contribution is 5.94. The Balaban J connectivity index is 2.04. The summed E-state index contributed by atoms with van der Waals surface area (Å²) in [5.74, 6) is -1.85. The Morgan fingerprint density at radius 3 is 2.43 bits per heavy atom. The number of amides is 1. The van der Waals surface area contributed by atoms with Gasteiger partial charge in [0.15, 0.2) is 0 Å². The van der Waals surface area contributed by atoms with Gasteiger partial charge in [0.05, 0.1) is 0 Å². The molecule has 0 aliphatic carbocycles. The van der Waals surface area contributed by atoms with Crippen LogP contribution in [0.3, 0.4) is 0 Å². The number of rotatable bonds is 5. The van der Waals surface area contributed by atoms with Gasteiger partial charge in [-0.05, 0) is 26.2 Å². The number of likely N-dealkylation sites (N-methyl/N-ethyl adjacent to an activating group) is 1. The van der Waals surface area contributed by atoms with Crippen molar-refractivity contribution in [1.29, 1.82) is 0 Å². The minimum absolute atomic E-state index is 0.183. The fourth-order valence-corrected chi connectivity index (χ4v) is 1.72. The molecule has 0 unspecified atom stereocenters. The van der Waals surface area contributed by atoms with Gasteiger partial charge in [-0.3, -0.25) is 4.79 Å². The summed E-state index contributed by atoms with van der Waals surface area (Å²) in [6.45, 7) is 1.19. The van der Waals surface area contributed by atoms with Gasteiger partial charge in [-0.25, -0.2) is 0 Å². The van der Waals surface area contributed by atoms with Crippen molar-refractivity contribution >= 4 is 5.91 Å². The Morgan fingerprint density at radius 2 is 1.91 bits per heavy atom. The number of halogens is 3. The number of hydrogen-bond acceptors (Lipinski definition) is 5. The van der Waals surface area contributed by atoms with Crippen LogP contribution in [0, 0.1) is 0 Å². The summed E-state index contributed by atoms with van der Waals surface area (Å²) in [6.07, 6.45) is -4.68. The maximum atomic E-state index is 12.4. The van der Waals surface area contributed by atoms with E-state index in [0.717, 1.165) is 0 Å². The van der Waals surface area contributed by atoms with Crippen molar-refractivity contribution in [1.82, 2.24) is 20.4 Å². The van der Waals surface area contributed by atoms with Gasteiger partial charge in [0.1, 0.15) is 0 Å². The van der Waals surface area contributed by atoms with Crippen LogP contribution in [0.25, 0.3) is 11.4 Å². The quantitative estimate of drug-likeness (QED) is 0.909. The summed E-state index contributed by atoms with van der Waals surface area (Å²) >= 11 is 0. The number of carbonyl (C=O) groups is 1. The predicted octanol–water partition coefficient (Wildman–Crippen LogP) is 2.05. The van der Waals surface area contributed by atoms with Gasteiger partial charge in [-0.1, -0.05) is 17.3 Å². The van der Waals surface area contributed by atoms with Crippen LogP contribution in [0.4, 0.5) is 13.2 Å². The molecule has 1 aromatic carbocycles. The number of carbonyl (C=O) groups excluding carboxylic acids is 1. The van der Waals surface area contributed by atoms with Crippen molar-refractivity contribution in [3.05, 3.63) is 35.7 Å². The van der Waals surface area contributed by atoms with Crippen molar-refractivity contribution in [2.75, 3.05) is 27.2 Å². The maximum Gasteiger partial charge on any atom is 0.471 e. The van der Waals surface area contributed by atoms with Gasteiger partial charge in [0, 0.05) is 24.2 Å². The molecule has 0 radical (unpaired) electrons. The van der Waals surface area contributed by atoms with E-state index in [1.54, 1.807) is 0 Å². The lowest BCUT2D eigenvalue weighted by Gasteiger charge is -2.10. The highest BCUT2D eigenvalue weighted by atomic mass is 19.4. The minimum atomic E-state index is -4.68. The highest BCUT2D eigenvalue weighted by Gasteiger charge is 2.38. The second kappa shape index (κ2) is 6.78. The van der Waals surface area contributed by atoms with E-state index < -0.39 is 12.1 Å². The third-order valence-corrected chi connectivity index (χ3v) is 2.92. The first-order chi connectivity index (χ1) is 10.8. The fraction of sp³-hybridized carbons (Fsp3) is 0.357. The van der Waals surface area contributed by atoms with E-state index in [4.69, 9.17) is 0 Å². The third-order valence-electron chi connectivity index (χ3n) is 2.92. The van der Waals surface area contributed by atoms with Crippen molar-refractivity contribution in [2.24, 2.45) is 0 Å². The first-order valence-corrected chi connectivity index (χ1v) is 6.71. The van der Waals surface area contributed by atoms with E-state index in [0.29, 0.717) is 24.2 Å². The van der Waals surface area contributed by atoms with Crippen LogP contribution >= 0.6 is 0 Å². The van der Waals surface area contributed by atoms with Gasteiger partial charge in [0.25, 0.3) is 5.91 Å². The second-order valence-electron chi connectivity index (χ2n) is 5.06. The van der Waals surface area contributed by atoms with E-state index in [1.165, 1.54) is 24.3 Å². The first kappa shape index (κ1) is 16.9. The molecular weight excluding hydrogens is 313 g/mol. The molecule has 1 heterocycles. The first-order valence-electron chi connectivity index (χ1n) is 6.71. The average molecular weight is 328 g/mol.